The van der Waals surface area contributed by atoms with Crippen LogP contribution in [0.5, 0.6) is 11.5 Å². The number of hydrogen-bond acceptors (Lipinski definition) is 5. The van der Waals surface area contributed by atoms with Crippen molar-refractivity contribution in [3.8, 4) is 11.5 Å². The summed E-state index contributed by atoms with van der Waals surface area (Å²) in [5, 5.41) is 2.89. The van der Waals surface area contributed by atoms with Gasteiger partial charge in [-0.05, 0) is 49.5 Å². The van der Waals surface area contributed by atoms with Crippen molar-refractivity contribution in [1.29, 1.82) is 0 Å². The van der Waals surface area contributed by atoms with E-state index in [9.17, 15) is 9.59 Å². The van der Waals surface area contributed by atoms with Crippen molar-refractivity contribution >= 4 is 18.0 Å². The van der Waals surface area contributed by atoms with Crippen molar-refractivity contribution in [2.24, 2.45) is 5.92 Å². The third kappa shape index (κ3) is 6.62. The van der Waals surface area contributed by atoms with Gasteiger partial charge in [-0.2, -0.15) is 0 Å². The minimum absolute atomic E-state index is 0.256. The molecule has 1 N–H and O–H groups in total. The summed E-state index contributed by atoms with van der Waals surface area (Å²) in [6.45, 7) is 2.24. The Morgan fingerprint density at radius 3 is 2.52 bits per heavy atom. The molecule has 1 aromatic carbocycles. The third-order valence-electron chi connectivity index (χ3n) is 4.77. The molecule has 0 spiro atoms. The van der Waals surface area contributed by atoms with Crippen molar-refractivity contribution in [2.75, 3.05) is 20.8 Å². The highest BCUT2D eigenvalue weighted by Gasteiger charge is 2.19. The number of ether oxygens (including phenoxy) is 3. The lowest BCUT2D eigenvalue weighted by Crippen LogP contribution is -2.38. The molecule has 148 valence electrons. The number of hydrogen-bond donors (Lipinski definition) is 1. The van der Waals surface area contributed by atoms with E-state index in [-0.39, 0.29) is 5.91 Å². The molecule has 0 heterocycles. The van der Waals surface area contributed by atoms with E-state index in [1.165, 1.54) is 25.3 Å². The Balaban J connectivity index is 1.81. The van der Waals surface area contributed by atoms with Gasteiger partial charge in [0.2, 0.25) is 0 Å². The van der Waals surface area contributed by atoms with Crippen molar-refractivity contribution in [2.45, 2.75) is 45.1 Å². The Kier molecular flexibility index (Phi) is 8.17. The van der Waals surface area contributed by atoms with E-state index < -0.39 is 12.1 Å². The number of carbonyl (C=O) groups is 2. The van der Waals surface area contributed by atoms with Crippen molar-refractivity contribution in [1.82, 2.24) is 5.32 Å². The molecule has 1 saturated carbocycles. The lowest BCUT2D eigenvalue weighted by atomic mass is 9.89. The third-order valence-corrected chi connectivity index (χ3v) is 4.77. The summed E-state index contributed by atoms with van der Waals surface area (Å²) < 4.78 is 15.6. The van der Waals surface area contributed by atoms with E-state index in [1.54, 1.807) is 45.4 Å². The lowest BCUT2D eigenvalue weighted by molar-refractivity contribution is -0.150. The van der Waals surface area contributed by atoms with Gasteiger partial charge in [-0.3, -0.25) is 4.79 Å². The van der Waals surface area contributed by atoms with Gasteiger partial charge in [0.05, 0.1) is 14.2 Å². The van der Waals surface area contributed by atoms with Crippen LogP contribution in [0.1, 0.15) is 44.6 Å². The Morgan fingerprint density at radius 1 is 1.15 bits per heavy atom. The van der Waals surface area contributed by atoms with Crippen LogP contribution in [0, 0.1) is 5.92 Å². The Bertz CT molecular complexity index is 665. The molecule has 1 unspecified atom stereocenters. The summed E-state index contributed by atoms with van der Waals surface area (Å²) in [7, 11) is 3.11. The Labute approximate surface area is 160 Å². The second-order valence-corrected chi connectivity index (χ2v) is 6.78. The van der Waals surface area contributed by atoms with Crippen molar-refractivity contribution < 1.29 is 23.8 Å². The second kappa shape index (κ2) is 10.6. The molecule has 0 saturated heterocycles. The summed E-state index contributed by atoms with van der Waals surface area (Å²) in [5.74, 6) is 0.901. The van der Waals surface area contributed by atoms with Gasteiger partial charge < -0.3 is 19.5 Å². The highest BCUT2D eigenvalue weighted by atomic mass is 16.5. The lowest BCUT2D eigenvalue weighted by Gasteiger charge is -2.22. The first-order chi connectivity index (χ1) is 13.0. The molecule has 0 aliphatic heterocycles. The fraction of sp³-hybridized carbons (Fsp3) is 0.524. The van der Waals surface area contributed by atoms with Crippen LogP contribution in [-0.4, -0.2) is 38.7 Å². The van der Waals surface area contributed by atoms with Gasteiger partial charge in [0.25, 0.3) is 5.91 Å². The molecule has 2 rings (SSSR count). The molecular formula is C21H29NO5. The average molecular weight is 375 g/mol. The van der Waals surface area contributed by atoms with Crippen LogP contribution in [0.15, 0.2) is 24.3 Å². The van der Waals surface area contributed by atoms with E-state index >= 15 is 0 Å². The second-order valence-electron chi connectivity index (χ2n) is 6.78. The molecule has 0 aromatic heterocycles. The maximum absolute atomic E-state index is 12.1. The molecule has 27 heavy (non-hydrogen) atoms. The molecule has 1 amide bonds. The summed E-state index contributed by atoms with van der Waals surface area (Å²) >= 11 is 0. The molecule has 6 heteroatoms. The van der Waals surface area contributed by atoms with Gasteiger partial charge in [0, 0.05) is 12.6 Å². The van der Waals surface area contributed by atoms with Gasteiger partial charge in [-0.1, -0.05) is 25.3 Å². The first kappa shape index (κ1) is 20.8. The molecule has 1 aromatic rings. The molecule has 1 atom stereocenters. The predicted molar refractivity (Wildman–Crippen MR) is 104 cm³/mol. The summed E-state index contributed by atoms with van der Waals surface area (Å²) in [6, 6.07) is 5.31. The summed E-state index contributed by atoms with van der Waals surface area (Å²) in [6.07, 6.45) is 8.13. The van der Waals surface area contributed by atoms with Crippen LogP contribution in [0.25, 0.3) is 6.08 Å². The van der Waals surface area contributed by atoms with Crippen LogP contribution >= 0.6 is 0 Å². The largest absolute Gasteiger partial charge is 0.493 e. The maximum Gasteiger partial charge on any atom is 0.331 e. The van der Waals surface area contributed by atoms with Crippen LogP contribution < -0.4 is 14.8 Å². The highest BCUT2D eigenvalue weighted by Crippen LogP contribution is 2.28. The molecule has 0 radical (unpaired) electrons. The van der Waals surface area contributed by atoms with Gasteiger partial charge in [-0.25, -0.2) is 4.79 Å². The number of nitrogens with one attached hydrogen (secondary N) is 1. The van der Waals surface area contributed by atoms with Crippen LogP contribution in [-0.2, 0) is 14.3 Å². The Hall–Kier alpha value is -2.50. The zero-order valence-corrected chi connectivity index (χ0v) is 16.3. The first-order valence-corrected chi connectivity index (χ1v) is 9.42. The quantitative estimate of drug-likeness (QED) is 0.557. The van der Waals surface area contributed by atoms with E-state index in [1.807, 2.05) is 0 Å². The van der Waals surface area contributed by atoms with E-state index in [2.05, 4.69) is 5.32 Å². The van der Waals surface area contributed by atoms with E-state index in [0.717, 1.165) is 18.4 Å². The van der Waals surface area contributed by atoms with Crippen molar-refractivity contribution in [3.63, 3.8) is 0 Å². The number of benzene rings is 1. The maximum atomic E-state index is 12.1. The molecule has 1 aliphatic rings. The minimum atomic E-state index is -0.823. The predicted octanol–water partition coefficient (Wildman–Crippen LogP) is 3.35. The smallest absolute Gasteiger partial charge is 0.331 e. The Morgan fingerprint density at radius 2 is 1.85 bits per heavy atom. The zero-order valence-electron chi connectivity index (χ0n) is 16.3. The number of carbonyl (C=O) groups excluding carboxylic acids is 2. The SMILES string of the molecule is COc1ccc(/C=C/C(=O)OC(C)C(=O)NCC2CCCCC2)cc1OC. The number of rotatable bonds is 8. The van der Waals surface area contributed by atoms with E-state index in [0.29, 0.717) is 24.0 Å². The zero-order chi connectivity index (χ0) is 19.6. The molecule has 6 nitrogen and oxygen atoms in total. The van der Waals surface area contributed by atoms with E-state index in [4.69, 9.17) is 14.2 Å². The van der Waals surface area contributed by atoms with Crippen LogP contribution in [0.3, 0.4) is 0 Å². The fourth-order valence-corrected chi connectivity index (χ4v) is 3.17. The van der Waals surface area contributed by atoms with Gasteiger partial charge in [-0.15, -0.1) is 0 Å². The standard InChI is InChI=1S/C21H29NO5/c1-15(21(24)22-14-17-7-5-4-6-8-17)27-20(23)12-10-16-9-11-18(25-2)19(13-16)26-3/h9-13,15,17H,4-8,14H2,1-3H3,(H,22,24)/b12-10+. The normalized spacial score (nSPS) is 16.0. The van der Waals surface area contributed by atoms with Gasteiger partial charge in [0.1, 0.15) is 0 Å². The monoisotopic (exact) mass is 375 g/mol. The van der Waals surface area contributed by atoms with Crippen LogP contribution in [0.4, 0.5) is 0 Å². The van der Waals surface area contributed by atoms with Crippen molar-refractivity contribution in [3.05, 3.63) is 29.8 Å². The summed E-state index contributed by atoms with van der Waals surface area (Å²) in [4.78, 5) is 24.1. The molecular weight excluding hydrogens is 346 g/mol. The number of esters is 1. The topological polar surface area (TPSA) is 73.9 Å². The molecule has 1 fully saturated rings. The number of amides is 1. The molecule has 0 bridgehead atoms. The highest BCUT2D eigenvalue weighted by molar-refractivity contribution is 5.90. The molecule has 1 aliphatic carbocycles. The number of methoxy groups -OCH3 is 2. The minimum Gasteiger partial charge on any atom is -0.493 e. The van der Waals surface area contributed by atoms with Gasteiger partial charge >= 0.3 is 5.97 Å². The fourth-order valence-electron chi connectivity index (χ4n) is 3.17. The van der Waals surface area contributed by atoms with Crippen LogP contribution in [0.2, 0.25) is 0 Å². The average Bonchev–Trinajstić information content (AvgIpc) is 2.70. The summed E-state index contributed by atoms with van der Waals surface area (Å²) in [5.41, 5.74) is 0.763. The van der Waals surface area contributed by atoms with Gasteiger partial charge in [0.15, 0.2) is 17.6 Å². The first-order valence-electron chi connectivity index (χ1n) is 9.42.